The number of thiazole rings is 1. The number of benzene rings is 1. The summed E-state index contributed by atoms with van der Waals surface area (Å²) < 4.78 is 2.18. The van der Waals surface area contributed by atoms with Gasteiger partial charge in [0, 0.05) is 23.7 Å². The predicted molar refractivity (Wildman–Crippen MR) is 93.0 cm³/mol. The molecule has 1 fully saturated rings. The molecule has 4 aromatic rings. The Kier molecular flexibility index (Phi) is 2.99. The summed E-state index contributed by atoms with van der Waals surface area (Å²) in [7, 11) is 0. The lowest BCUT2D eigenvalue weighted by Gasteiger charge is -2.20. The SMILES string of the molecule is c1cc2[nH]ncc2cc1-c1cn2cc(C3CCNCC3)nc2s1. The van der Waals surface area contributed by atoms with E-state index in [4.69, 9.17) is 4.98 Å². The molecule has 0 aliphatic carbocycles. The van der Waals surface area contributed by atoms with Gasteiger partial charge in [-0.2, -0.15) is 5.10 Å². The highest BCUT2D eigenvalue weighted by Gasteiger charge is 2.19. The van der Waals surface area contributed by atoms with Crippen molar-refractivity contribution in [2.45, 2.75) is 18.8 Å². The van der Waals surface area contributed by atoms with Gasteiger partial charge in [-0.15, -0.1) is 0 Å². The number of aromatic amines is 1. The van der Waals surface area contributed by atoms with Crippen molar-refractivity contribution in [3.63, 3.8) is 0 Å². The minimum atomic E-state index is 0.606. The molecule has 0 spiro atoms. The summed E-state index contributed by atoms with van der Waals surface area (Å²) in [5, 5.41) is 11.6. The van der Waals surface area contributed by atoms with Gasteiger partial charge in [0.05, 0.1) is 22.3 Å². The third kappa shape index (κ3) is 2.26. The lowest BCUT2D eigenvalue weighted by Crippen LogP contribution is -2.26. The summed E-state index contributed by atoms with van der Waals surface area (Å²) in [5.74, 6) is 0.606. The predicted octanol–water partition coefficient (Wildman–Crippen LogP) is 3.41. The van der Waals surface area contributed by atoms with Crippen molar-refractivity contribution in [2.24, 2.45) is 0 Å². The van der Waals surface area contributed by atoms with Crippen LogP contribution in [0.3, 0.4) is 0 Å². The molecule has 5 nitrogen and oxygen atoms in total. The van der Waals surface area contributed by atoms with Crippen LogP contribution in [0.15, 0.2) is 36.8 Å². The Labute approximate surface area is 137 Å². The highest BCUT2D eigenvalue weighted by molar-refractivity contribution is 7.20. The zero-order chi connectivity index (χ0) is 15.2. The maximum Gasteiger partial charge on any atom is 0.194 e. The van der Waals surface area contributed by atoms with Crippen LogP contribution < -0.4 is 5.32 Å². The van der Waals surface area contributed by atoms with Crippen LogP contribution in [0.2, 0.25) is 0 Å². The first-order chi connectivity index (χ1) is 11.4. The average molecular weight is 323 g/mol. The number of aromatic nitrogens is 4. The molecule has 1 aliphatic rings. The van der Waals surface area contributed by atoms with Crippen LogP contribution in [0.1, 0.15) is 24.5 Å². The first-order valence-corrected chi connectivity index (χ1v) is 8.81. The Bertz CT molecular complexity index is 942. The van der Waals surface area contributed by atoms with Gasteiger partial charge in [0.15, 0.2) is 4.96 Å². The van der Waals surface area contributed by atoms with Crippen molar-refractivity contribution in [3.8, 4) is 10.4 Å². The molecule has 0 bridgehead atoms. The van der Waals surface area contributed by atoms with Gasteiger partial charge >= 0.3 is 0 Å². The van der Waals surface area contributed by atoms with Gasteiger partial charge in [0.1, 0.15) is 0 Å². The van der Waals surface area contributed by atoms with Crippen molar-refractivity contribution in [2.75, 3.05) is 13.1 Å². The summed E-state index contributed by atoms with van der Waals surface area (Å²) in [6.45, 7) is 2.21. The van der Waals surface area contributed by atoms with Crippen LogP contribution in [0.4, 0.5) is 0 Å². The molecule has 0 unspecified atom stereocenters. The number of nitrogens with zero attached hydrogens (tertiary/aromatic N) is 3. The van der Waals surface area contributed by atoms with Gasteiger partial charge in [-0.05, 0) is 43.6 Å². The molecular weight excluding hydrogens is 306 g/mol. The topological polar surface area (TPSA) is 58.0 Å². The van der Waals surface area contributed by atoms with E-state index < -0.39 is 0 Å². The van der Waals surface area contributed by atoms with Crippen LogP contribution in [-0.4, -0.2) is 32.7 Å². The summed E-state index contributed by atoms with van der Waals surface area (Å²) >= 11 is 1.75. The van der Waals surface area contributed by atoms with Gasteiger partial charge in [-0.1, -0.05) is 17.4 Å². The third-order valence-electron chi connectivity index (χ3n) is 4.66. The zero-order valence-corrected chi connectivity index (χ0v) is 13.4. The minimum absolute atomic E-state index is 0.606. The van der Waals surface area contributed by atoms with Crippen LogP contribution in [0, 0.1) is 0 Å². The zero-order valence-electron chi connectivity index (χ0n) is 12.6. The second-order valence-electron chi connectivity index (χ2n) is 6.15. The lowest BCUT2D eigenvalue weighted by molar-refractivity contribution is 0.454. The van der Waals surface area contributed by atoms with Gasteiger partial charge < -0.3 is 5.32 Å². The molecule has 0 atom stereocenters. The molecule has 1 saturated heterocycles. The van der Waals surface area contributed by atoms with E-state index in [0.29, 0.717) is 5.92 Å². The first kappa shape index (κ1) is 13.3. The van der Waals surface area contributed by atoms with E-state index in [2.05, 4.69) is 50.5 Å². The summed E-state index contributed by atoms with van der Waals surface area (Å²) in [6, 6.07) is 6.40. The number of fused-ring (bicyclic) bond motifs is 2. The van der Waals surface area contributed by atoms with E-state index in [-0.39, 0.29) is 0 Å². The lowest BCUT2D eigenvalue weighted by atomic mass is 9.95. The monoisotopic (exact) mass is 323 g/mol. The Morgan fingerprint density at radius 3 is 2.96 bits per heavy atom. The molecule has 23 heavy (non-hydrogen) atoms. The second-order valence-corrected chi connectivity index (χ2v) is 7.16. The van der Waals surface area contributed by atoms with Gasteiger partial charge in [0.2, 0.25) is 0 Å². The Morgan fingerprint density at radius 2 is 2.09 bits per heavy atom. The van der Waals surface area contributed by atoms with Crippen molar-refractivity contribution in [3.05, 3.63) is 42.5 Å². The van der Waals surface area contributed by atoms with Gasteiger partial charge in [-0.25, -0.2) is 4.98 Å². The quantitative estimate of drug-likeness (QED) is 0.594. The molecule has 0 saturated carbocycles. The molecule has 4 heterocycles. The van der Waals surface area contributed by atoms with Gasteiger partial charge in [0.25, 0.3) is 0 Å². The summed E-state index contributed by atoms with van der Waals surface area (Å²) in [4.78, 5) is 7.20. The molecular formula is C17H17N5S. The molecule has 6 heteroatoms. The fraction of sp³-hybridized carbons (Fsp3) is 0.294. The van der Waals surface area contributed by atoms with Crippen LogP contribution in [0.5, 0.6) is 0 Å². The van der Waals surface area contributed by atoms with Crippen molar-refractivity contribution in [1.29, 1.82) is 0 Å². The molecule has 5 rings (SSSR count). The Balaban J connectivity index is 1.51. The molecule has 2 N–H and O–H groups in total. The van der Waals surface area contributed by atoms with Crippen molar-refractivity contribution >= 4 is 27.2 Å². The minimum Gasteiger partial charge on any atom is -0.317 e. The second kappa shape index (κ2) is 5.18. The fourth-order valence-corrected chi connectivity index (χ4v) is 4.33. The number of nitrogens with one attached hydrogen (secondary N) is 2. The molecule has 0 amide bonds. The number of hydrogen-bond acceptors (Lipinski definition) is 4. The number of piperidine rings is 1. The van der Waals surface area contributed by atoms with E-state index >= 15 is 0 Å². The van der Waals surface area contributed by atoms with E-state index in [1.165, 1.54) is 29.0 Å². The molecule has 1 aromatic carbocycles. The average Bonchev–Trinajstić information content (AvgIpc) is 3.28. The largest absolute Gasteiger partial charge is 0.317 e. The van der Waals surface area contributed by atoms with Crippen LogP contribution in [0.25, 0.3) is 26.3 Å². The summed E-state index contributed by atoms with van der Waals surface area (Å²) in [6.07, 6.45) is 8.65. The standard InChI is InChI=1S/C17H17N5S/c1-2-14-13(8-19-21-14)7-12(1)16-10-22-9-15(20-17(22)23-16)11-3-5-18-6-4-11/h1-2,7-11,18H,3-6H2,(H,19,21). The number of H-pyrrole nitrogens is 1. The third-order valence-corrected chi connectivity index (χ3v) is 5.70. The number of rotatable bonds is 2. The molecule has 3 aromatic heterocycles. The van der Waals surface area contributed by atoms with Crippen LogP contribution in [-0.2, 0) is 0 Å². The number of hydrogen-bond donors (Lipinski definition) is 2. The van der Waals surface area contributed by atoms with Crippen molar-refractivity contribution in [1.82, 2.24) is 24.9 Å². The van der Waals surface area contributed by atoms with Crippen molar-refractivity contribution < 1.29 is 0 Å². The normalized spacial score (nSPS) is 16.5. The fourth-order valence-electron chi connectivity index (χ4n) is 3.36. The molecule has 1 aliphatic heterocycles. The highest BCUT2D eigenvalue weighted by Crippen LogP contribution is 2.32. The van der Waals surface area contributed by atoms with E-state index in [0.717, 1.165) is 29.0 Å². The number of imidazole rings is 1. The van der Waals surface area contributed by atoms with Gasteiger partial charge in [-0.3, -0.25) is 9.50 Å². The first-order valence-electron chi connectivity index (χ1n) is 7.99. The molecule has 0 radical (unpaired) electrons. The maximum atomic E-state index is 4.87. The Hall–Kier alpha value is -2.18. The Morgan fingerprint density at radius 1 is 1.17 bits per heavy atom. The maximum absolute atomic E-state index is 4.87. The smallest absolute Gasteiger partial charge is 0.194 e. The van der Waals surface area contributed by atoms with E-state index in [1.54, 1.807) is 11.3 Å². The van der Waals surface area contributed by atoms with Crippen LogP contribution >= 0.6 is 11.3 Å². The highest BCUT2D eigenvalue weighted by atomic mass is 32.1. The molecule has 116 valence electrons. The van der Waals surface area contributed by atoms with E-state index in [1.807, 2.05) is 6.20 Å². The van der Waals surface area contributed by atoms with E-state index in [9.17, 15) is 0 Å². The summed E-state index contributed by atoms with van der Waals surface area (Å²) in [5.41, 5.74) is 3.54.